The quantitative estimate of drug-likeness (QED) is 0.553. The van der Waals surface area contributed by atoms with Crippen LogP contribution >= 0.6 is 0 Å². The highest BCUT2D eigenvalue weighted by atomic mass is 16.5. The summed E-state index contributed by atoms with van der Waals surface area (Å²) in [6, 6.07) is 5.96. The molecule has 0 aliphatic carbocycles. The van der Waals surface area contributed by atoms with Crippen LogP contribution in [-0.2, 0) is 25.5 Å². The lowest BCUT2D eigenvalue weighted by molar-refractivity contribution is -0.145. The minimum Gasteiger partial charge on any atom is -0.467 e. The van der Waals surface area contributed by atoms with Crippen LogP contribution in [0.3, 0.4) is 0 Å². The van der Waals surface area contributed by atoms with Gasteiger partial charge in [0, 0.05) is 12.8 Å². The van der Waals surface area contributed by atoms with E-state index >= 15 is 0 Å². The fourth-order valence-corrected chi connectivity index (χ4v) is 2.27. The van der Waals surface area contributed by atoms with Crippen LogP contribution in [0.15, 0.2) is 24.3 Å². The molecule has 0 fully saturated rings. The SMILES string of the molecule is CCCCCC(=O)NC(Cc1ccc(C(=O)OC)cc1)C(=O)OC. The molecular formula is C18H25NO5. The topological polar surface area (TPSA) is 81.7 Å². The molecule has 1 N–H and O–H groups in total. The lowest BCUT2D eigenvalue weighted by Crippen LogP contribution is -2.43. The Bertz CT molecular complexity index is 553. The van der Waals surface area contributed by atoms with Crippen molar-refractivity contribution in [1.82, 2.24) is 5.32 Å². The predicted octanol–water partition coefficient (Wildman–Crippen LogP) is 2.25. The summed E-state index contributed by atoms with van der Waals surface area (Å²) in [4.78, 5) is 35.3. The molecule has 132 valence electrons. The molecule has 1 atom stereocenters. The Labute approximate surface area is 142 Å². The van der Waals surface area contributed by atoms with Gasteiger partial charge in [-0.1, -0.05) is 31.9 Å². The molecule has 1 rings (SSSR count). The summed E-state index contributed by atoms with van der Waals surface area (Å²) in [6.45, 7) is 2.06. The van der Waals surface area contributed by atoms with Gasteiger partial charge in [0.15, 0.2) is 0 Å². The van der Waals surface area contributed by atoms with Crippen molar-refractivity contribution in [1.29, 1.82) is 0 Å². The van der Waals surface area contributed by atoms with Gasteiger partial charge in [0.05, 0.1) is 19.8 Å². The zero-order chi connectivity index (χ0) is 17.9. The van der Waals surface area contributed by atoms with Crippen LogP contribution in [0.2, 0.25) is 0 Å². The van der Waals surface area contributed by atoms with Crippen LogP contribution in [0.25, 0.3) is 0 Å². The van der Waals surface area contributed by atoms with E-state index in [0.717, 1.165) is 24.8 Å². The van der Waals surface area contributed by atoms with Gasteiger partial charge in [-0.15, -0.1) is 0 Å². The molecular weight excluding hydrogens is 310 g/mol. The number of hydrogen-bond acceptors (Lipinski definition) is 5. The van der Waals surface area contributed by atoms with Gasteiger partial charge < -0.3 is 14.8 Å². The second kappa shape index (κ2) is 10.4. The smallest absolute Gasteiger partial charge is 0.337 e. The van der Waals surface area contributed by atoms with Gasteiger partial charge in [-0.2, -0.15) is 0 Å². The van der Waals surface area contributed by atoms with Crippen molar-refractivity contribution in [3.05, 3.63) is 35.4 Å². The number of rotatable bonds is 9. The number of carbonyl (C=O) groups excluding carboxylic acids is 3. The number of esters is 2. The van der Waals surface area contributed by atoms with Crippen LogP contribution in [0.1, 0.15) is 48.5 Å². The molecule has 0 aromatic heterocycles. The first-order valence-corrected chi connectivity index (χ1v) is 8.06. The lowest BCUT2D eigenvalue weighted by atomic mass is 10.0. The number of methoxy groups -OCH3 is 2. The molecule has 0 bridgehead atoms. The summed E-state index contributed by atoms with van der Waals surface area (Å²) < 4.78 is 9.40. The first-order chi connectivity index (χ1) is 11.5. The summed E-state index contributed by atoms with van der Waals surface area (Å²) in [7, 11) is 2.61. The summed E-state index contributed by atoms with van der Waals surface area (Å²) in [6.07, 6.45) is 3.49. The van der Waals surface area contributed by atoms with Gasteiger partial charge in [0.2, 0.25) is 5.91 Å². The molecule has 6 nitrogen and oxygen atoms in total. The molecule has 24 heavy (non-hydrogen) atoms. The Hall–Kier alpha value is -2.37. The molecule has 0 radical (unpaired) electrons. The second-order valence-electron chi connectivity index (χ2n) is 5.49. The zero-order valence-electron chi connectivity index (χ0n) is 14.5. The summed E-state index contributed by atoms with van der Waals surface area (Å²) in [5.41, 5.74) is 1.24. The van der Waals surface area contributed by atoms with Crippen molar-refractivity contribution in [3.8, 4) is 0 Å². The first kappa shape index (κ1) is 19.7. The van der Waals surface area contributed by atoms with Crippen molar-refractivity contribution in [2.75, 3.05) is 14.2 Å². The number of ether oxygens (including phenoxy) is 2. The number of hydrogen-bond donors (Lipinski definition) is 1. The predicted molar refractivity (Wildman–Crippen MR) is 89.6 cm³/mol. The van der Waals surface area contributed by atoms with E-state index in [-0.39, 0.29) is 5.91 Å². The molecule has 0 saturated carbocycles. The molecule has 0 saturated heterocycles. The Kier molecular flexibility index (Phi) is 8.54. The highest BCUT2D eigenvalue weighted by molar-refractivity contribution is 5.89. The largest absolute Gasteiger partial charge is 0.467 e. The van der Waals surface area contributed by atoms with Crippen molar-refractivity contribution < 1.29 is 23.9 Å². The van der Waals surface area contributed by atoms with E-state index in [9.17, 15) is 14.4 Å². The molecule has 0 heterocycles. The van der Waals surface area contributed by atoms with E-state index in [1.807, 2.05) is 0 Å². The van der Waals surface area contributed by atoms with Gasteiger partial charge in [-0.3, -0.25) is 4.79 Å². The van der Waals surface area contributed by atoms with E-state index in [1.165, 1.54) is 14.2 Å². The highest BCUT2D eigenvalue weighted by Gasteiger charge is 2.21. The number of unbranched alkanes of at least 4 members (excludes halogenated alkanes) is 2. The molecule has 0 aliphatic heterocycles. The average Bonchev–Trinajstić information content (AvgIpc) is 2.60. The van der Waals surface area contributed by atoms with Gasteiger partial charge in [0.1, 0.15) is 6.04 Å². The zero-order valence-corrected chi connectivity index (χ0v) is 14.5. The van der Waals surface area contributed by atoms with Crippen molar-refractivity contribution in [2.45, 2.75) is 45.1 Å². The Morgan fingerprint density at radius 1 is 1.04 bits per heavy atom. The molecule has 1 aromatic rings. The minimum absolute atomic E-state index is 0.162. The van der Waals surface area contributed by atoms with Crippen molar-refractivity contribution in [3.63, 3.8) is 0 Å². The summed E-state index contributed by atoms with van der Waals surface area (Å²) >= 11 is 0. The molecule has 1 amide bonds. The highest BCUT2D eigenvalue weighted by Crippen LogP contribution is 2.09. The van der Waals surface area contributed by atoms with E-state index in [4.69, 9.17) is 4.74 Å². The molecule has 1 aromatic carbocycles. The third-order valence-electron chi connectivity index (χ3n) is 3.64. The Morgan fingerprint density at radius 3 is 2.25 bits per heavy atom. The third kappa shape index (κ3) is 6.40. The van der Waals surface area contributed by atoms with Gasteiger partial charge in [-0.05, 0) is 24.1 Å². The number of amides is 1. The Balaban J connectivity index is 2.70. The maximum atomic E-state index is 11.9. The maximum Gasteiger partial charge on any atom is 0.337 e. The summed E-state index contributed by atoms with van der Waals surface area (Å²) in [5, 5.41) is 2.72. The number of benzene rings is 1. The minimum atomic E-state index is -0.742. The van der Waals surface area contributed by atoms with Gasteiger partial charge in [-0.25, -0.2) is 9.59 Å². The molecule has 0 aliphatic rings. The van der Waals surface area contributed by atoms with Crippen LogP contribution in [0, 0.1) is 0 Å². The normalized spacial score (nSPS) is 11.5. The van der Waals surface area contributed by atoms with Gasteiger partial charge >= 0.3 is 11.9 Å². The fourth-order valence-electron chi connectivity index (χ4n) is 2.27. The van der Waals surface area contributed by atoms with Crippen LogP contribution in [0.5, 0.6) is 0 Å². The first-order valence-electron chi connectivity index (χ1n) is 8.06. The van der Waals surface area contributed by atoms with Crippen molar-refractivity contribution >= 4 is 17.8 Å². The van der Waals surface area contributed by atoms with Crippen LogP contribution < -0.4 is 5.32 Å². The molecule has 6 heteroatoms. The van der Waals surface area contributed by atoms with Crippen molar-refractivity contribution in [2.24, 2.45) is 0 Å². The number of nitrogens with one attached hydrogen (secondary N) is 1. The molecule has 1 unspecified atom stereocenters. The lowest BCUT2D eigenvalue weighted by Gasteiger charge is -2.17. The van der Waals surface area contributed by atoms with E-state index in [2.05, 4.69) is 17.0 Å². The monoisotopic (exact) mass is 335 g/mol. The second-order valence-corrected chi connectivity index (χ2v) is 5.49. The third-order valence-corrected chi connectivity index (χ3v) is 3.64. The van der Waals surface area contributed by atoms with Gasteiger partial charge in [0.25, 0.3) is 0 Å². The van der Waals surface area contributed by atoms with Crippen LogP contribution in [-0.4, -0.2) is 38.1 Å². The van der Waals surface area contributed by atoms with E-state index in [1.54, 1.807) is 24.3 Å². The molecule has 0 spiro atoms. The van der Waals surface area contributed by atoms with Crippen LogP contribution in [0.4, 0.5) is 0 Å². The average molecular weight is 335 g/mol. The van der Waals surface area contributed by atoms with E-state index < -0.39 is 18.0 Å². The standard InChI is InChI=1S/C18H25NO5/c1-4-5-6-7-16(20)19-15(18(22)24-3)12-13-8-10-14(11-9-13)17(21)23-2/h8-11,15H,4-7,12H2,1-3H3,(H,19,20). The van der Waals surface area contributed by atoms with E-state index in [0.29, 0.717) is 18.4 Å². The summed E-state index contributed by atoms with van der Waals surface area (Å²) in [5.74, 6) is -1.07. The fraction of sp³-hybridized carbons (Fsp3) is 0.500. The maximum absolute atomic E-state index is 11.9. The Morgan fingerprint density at radius 2 is 1.71 bits per heavy atom. The number of carbonyl (C=O) groups is 3.